The van der Waals surface area contributed by atoms with Crippen LogP contribution in [0.4, 0.5) is 19.0 Å². The first kappa shape index (κ1) is 18.3. The first-order valence-electron chi connectivity index (χ1n) is 8.62. The number of fused-ring (bicyclic) bond motifs is 3. The van der Waals surface area contributed by atoms with Crippen LogP contribution in [0.25, 0.3) is 0 Å². The first-order valence-corrected chi connectivity index (χ1v) is 10.0. The van der Waals surface area contributed by atoms with Crippen molar-refractivity contribution in [1.82, 2.24) is 15.3 Å². The maximum absolute atomic E-state index is 13.2. The van der Waals surface area contributed by atoms with Crippen LogP contribution in [0.1, 0.15) is 32.3 Å². The number of carbonyl (C=O) groups is 2. The molecule has 27 heavy (non-hydrogen) atoms. The fourth-order valence-electron chi connectivity index (χ4n) is 3.83. The predicted octanol–water partition coefficient (Wildman–Crippen LogP) is 2.39. The maximum Gasteiger partial charge on any atom is 0.417 e. The molecule has 1 fully saturated rings. The lowest BCUT2D eigenvalue weighted by molar-refractivity contribution is -0.138. The van der Waals surface area contributed by atoms with Crippen molar-refractivity contribution in [2.45, 2.75) is 43.8 Å². The highest BCUT2D eigenvalue weighted by molar-refractivity contribution is 8.18. The van der Waals surface area contributed by atoms with Gasteiger partial charge in [-0.1, -0.05) is 13.8 Å². The fourth-order valence-corrected chi connectivity index (χ4v) is 6.65. The van der Waals surface area contributed by atoms with Gasteiger partial charge in [0.15, 0.2) is 5.82 Å². The van der Waals surface area contributed by atoms with Crippen LogP contribution in [0.15, 0.2) is 17.2 Å². The van der Waals surface area contributed by atoms with E-state index in [0.29, 0.717) is 34.9 Å². The number of nitrogens with zero attached hydrogens (tertiary/aromatic N) is 2. The van der Waals surface area contributed by atoms with Crippen molar-refractivity contribution in [3.63, 3.8) is 0 Å². The molecule has 1 aromatic rings. The summed E-state index contributed by atoms with van der Waals surface area (Å²) in [6.07, 6.45) is -2.52. The van der Waals surface area contributed by atoms with Crippen molar-refractivity contribution in [3.05, 3.63) is 17.8 Å². The number of carbonyl (C=O) groups excluding carboxylic acids is 2. The zero-order chi connectivity index (χ0) is 19.6. The topological polar surface area (TPSA) is 74.3 Å². The van der Waals surface area contributed by atoms with Gasteiger partial charge in [-0.3, -0.25) is 20.4 Å². The van der Waals surface area contributed by atoms with E-state index in [9.17, 15) is 22.8 Å². The molecule has 2 unspecified atom stereocenters. The number of aromatic nitrogens is 1. The lowest BCUT2D eigenvalue weighted by atomic mass is 9.89. The average molecular weight is 400 g/mol. The van der Waals surface area contributed by atoms with Crippen LogP contribution in [0.2, 0.25) is 0 Å². The molecule has 0 bridgehead atoms. The van der Waals surface area contributed by atoms with Gasteiger partial charge in [0.1, 0.15) is 6.04 Å². The fraction of sp³-hybridized carbons (Fsp3) is 0.529. The maximum atomic E-state index is 13.2. The molecule has 3 aliphatic heterocycles. The standard InChI is InChI=1S/C17H19F3N4O2S/c1-16(2)8-27-11-6-9(17(18,19)20)7-21-13(11)22-23-14(25)10-4-3-5-24(10)15(26)12(16)27/h6-7,10H,3-5,8H2,1-2H3,(H,21,22)(H,23,25). The van der Waals surface area contributed by atoms with E-state index in [0.717, 1.165) is 12.3 Å². The Morgan fingerprint density at radius 2 is 2.04 bits per heavy atom. The summed E-state index contributed by atoms with van der Waals surface area (Å²) in [4.78, 5) is 32.0. The van der Waals surface area contributed by atoms with Crippen molar-refractivity contribution in [2.24, 2.45) is 5.41 Å². The molecular formula is C17H19F3N4O2S. The largest absolute Gasteiger partial charge is 0.417 e. The molecule has 10 heteroatoms. The lowest BCUT2D eigenvalue weighted by Crippen LogP contribution is -2.55. The van der Waals surface area contributed by atoms with Crippen molar-refractivity contribution in [3.8, 4) is 0 Å². The van der Waals surface area contributed by atoms with E-state index in [1.807, 2.05) is 13.8 Å². The molecule has 0 aromatic carbocycles. The zero-order valence-corrected chi connectivity index (χ0v) is 15.6. The molecule has 3 aliphatic rings. The molecule has 2 amide bonds. The molecule has 0 aliphatic carbocycles. The second kappa shape index (κ2) is 5.95. The molecule has 6 nitrogen and oxygen atoms in total. The third-order valence-electron chi connectivity index (χ3n) is 5.13. The molecule has 2 atom stereocenters. The minimum absolute atomic E-state index is 0.159. The Morgan fingerprint density at radius 3 is 2.70 bits per heavy atom. The Morgan fingerprint density at radius 1 is 1.30 bits per heavy atom. The summed E-state index contributed by atoms with van der Waals surface area (Å²) in [5.74, 6) is 0.121. The Balaban J connectivity index is 1.90. The lowest BCUT2D eigenvalue weighted by Gasteiger charge is -2.43. The highest BCUT2D eigenvalue weighted by atomic mass is 32.2. The van der Waals surface area contributed by atoms with Gasteiger partial charge >= 0.3 is 6.18 Å². The summed E-state index contributed by atoms with van der Waals surface area (Å²) in [5.41, 5.74) is 3.90. The Bertz CT molecular complexity index is 881. The van der Waals surface area contributed by atoms with Crippen molar-refractivity contribution >= 4 is 33.0 Å². The highest BCUT2D eigenvalue weighted by Gasteiger charge is 2.47. The highest BCUT2D eigenvalue weighted by Crippen LogP contribution is 2.51. The Hall–Kier alpha value is -2.10. The third kappa shape index (κ3) is 2.90. The van der Waals surface area contributed by atoms with Crippen molar-refractivity contribution in [1.29, 1.82) is 0 Å². The second-order valence-electron chi connectivity index (χ2n) is 7.59. The number of hydrazine groups is 1. The van der Waals surface area contributed by atoms with E-state index >= 15 is 0 Å². The number of anilines is 1. The molecule has 1 aromatic heterocycles. The van der Waals surface area contributed by atoms with Crippen LogP contribution >= 0.6 is 10.5 Å². The van der Waals surface area contributed by atoms with Crippen molar-refractivity contribution < 1.29 is 22.8 Å². The monoisotopic (exact) mass is 400 g/mol. The van der Waals surface area contributed by atoms with E-state index in [2.05, 4.69) is 15.8 Å². The molecule has 0 radical (unpaired) electrons. The van der Waals surface area contributed by atoms with E-state index in [-0.39, 0.29) is 17.6 Å². The summed E-state index contributed by atoms with van der Waals surface area (Å²) in [5, 5.41) is 0. The third-order valence-corrected chi connectivity index (χ3v) is 8.20. The molecule has 4 rings (SSSR count). The van der Waals surface area contributed by atoms with Gasteiger partial charge in [0.05, 0.1) is 10.4 Å². The summed E-state index contributed by atoms with van der Waals surface area (Å²) >= 11 is 0. The van der Waals surface area contributed by atoms with Crippen LogP contribution in [-0.2, 0) is 15.8 Å². The normalized spacial score (nSPS) is 27.0. The quantitative estimate of drug-likeness (QED) is 0.656. The second-order valence-corrected chi connectivity index (χ2v) is 9.51. The van der Waals surface area contributed by atoms with Crippen LogP contribution < -0.4 is 10.9 Å². The van der Waals surface area contributed by atoms with Gasteiger partial charge in [0, 0.05) is 28.8 Å². The SMILES string of the molecule is CC1(C)CS2=C1C(=O)N1CCCC1C(=O)NNc1ncc(C(F)(F)F)cc12. The average Bonchev–Trinajstić information content (AvgIpc) is 3.06. The van der Waals surface area contributed by atoms with Crippen LogP contribution in [0, 0.1) is 5.41 Å². The van der Waals surface area contributed by atoms with Gasteiger partial charge in [0.25, 0.3) is 11.8 Å². The number of nitrogens with one attached hydrogen (secondary N) is 2. The van der Waals surface area contributed by atoms with E-state index in [1.165, 1.54) is 0 Å². The summed E-state index contributed by atoms with van der Waals surface area (Å²) in [6.45, 7) is 4.30. The minimum atomic E-state index is -4.53. The Labute approximate surface area is 156 Å². The zero-order valence-electron chi connectivity index (χ0n) is 14.8. The number of alkyl halides is 3. The van der Waals surface area contributed by atoms with Gasteiger partial charge < -0.3 is 4.90 Å². The first-order chi connectivity index (χ1) is 12.6. The molecule has 1 saturated heterocycles. The van der Waals surface area contributed by atoms with Gasteiger partial charge in [-0.25, -0.2) is 4.98 Å². The van der Waals surface area contributed by atoms with Gasteiger partial charge in [-0.15, -0.1) is 10.5 Å². The molecule has 2 N–H and O–H groups in total. The number of rotatable bonds is 0. The van der Waals surface area contributed by atoms with Crippen molar-refractivity contribution in [2.75, 3.05) is 17.7 Å². The van der Waals surface area contributed by atoms with Gasteiger partial charge in [0.2, 0.25) is 0 Å². The number of hydrogen-bond donors (Lipinski definition) is 2. The minimum Gasteiger partial charge on any atom is -0.326 e. The van der Waals surface area contributed by atoms with Crippen LogP contribution in [0.3, 0.4) is 0 Å². The molecule has 4 heterocycles. The number of halogens is 3. The summed E-state index contributed by atoms with van der Waals surface area (Å²) in [7, 11) is -0.793. The predicted molar refractivity (Wildman–Crippen MR) is 95.3 cm³/mol. The molecule has 0 saturated carbocycles. The van der Waals surface area contributed by atoms with E-state index in [1.54, 1.807) is 4.90 Å². The molecule has 146 valence electrons. The van der Waals surface area contributed by atoms with Gasteiger partial charge in [-0.2, -0.15) is 13.2 Å². The smallest absolute Gasteiger partial charge is 0.326 e. The number of amides is 2. The van der Waals surface area contributed by atoms with Gasteiger partial charge in [-0.05, 0) is 18.9 Å². The molecule has 0 spiro atoms. The number of pyridine rings is 1. The van der Waals surface area contributed by atoms with E-state index < -0.39 is 33.7 Å². The summed E-state index contributed by atoms with van der Waals surface area (Å²) < 4.78 is 39.6. The number of hydrogen-bond acceptors (Lipinski definition) is 4. The van der Waals surface area contributed by atoms with Crippen LogP contribution in [-0.4, -0.2) is 44.9 Å². The molecular weight excluding hydrogens is 381 g/mol. The van der Waals surface area contributed by atoms with E-state index in [4.69, 9.17) is 0 Å². The summed E-state index contributed by atoms with van der Waals surface area (Å²) in [6, 6.07) is 0.464. The Kier molecular flexibility index (Phi) is 4.03. The van der Waals surface area contributed by atoms with Crippen LogP contribution in [0.5, 0.6) is 0 Å².